The molecule has 18 heavy (non-hydrogen) atoms. The van der Waals surface area contributed by atoms with Crippen molar-refractivity contribution in [2.75, 3.05) is 26.7 Å². The van der Waals surface area contributed by atoms with Gasteiger partial charge in [-0.15, -0.1) is 0 Å². The van der Waals surface area contributed by atoms with Crippen LogP contribution in [0.4, 0.5) is 0 Å². The van der Waals surface area contributed by atoms with E-state index in [1.54, 1.807) is 0 Å². The molecule has 2 N–H and O–H groups in total. The lowest BCUT2D eigenvalue weighted by Crippen LogP contribution is -2.36. The quantitative estimate of drug-likeness (QED) is 0.711. The van der Waals surface area contributed by atoms with Gasteiger partial charge in [0.2, 0.25) is 0 Å². The largest absolute Gasteiger partial charge is 0.390 e. The Hall–Kier alpha value is -0.610. The fourth-order valence-electron chi connectivity index (χ4n) is 1.88. The molecule has 1 aromatic carbocycles. The molecule has 0 radical (unpaired) electrons. The van der Waals surface area contributed by atoms with Crippen molar-refractivity contribution in [3.63, 3.8) is 0 Å². The predicted molar refractivity (Wildman–Crippen MR) is 77.0 cm³/mol. The maximum absolute atomic E-state index is 9.85. The van der Waals surface area contributed by atoms with E-state index in [0.29, 0.717) is 13.1 Å². The highest BCUT2D eigenvalue weighted by atomic mass is 35.5. The van der Waals surface area contributed by atoms with Gasteiger partial charge in [0.1, 0.15) is 0 Å². The van der Waals surface area contributed by atoms with Crippen molar-refractivity contribution in [1.82, 2.24) is 10.2 Å². The lowest BCUT2D eigenvalue weighted by Gasteiger charge is -2.21. The standard InChI is InChI=1S/C14H23ClN2O/c1-3-7-16-9-14(18)11-17(2)10-12-5-4-6-13(15)8-12/h4-6,8,14,16,18H,3,7,9-11H2,1-2H3. The number of aliphatic hydroxyl groups excluding tert-OH is 1. The van der Waals surface area contributed by atoms with Crippen molar-refractivity contribution in [1.29, 1.82) is 0 Å². The predicted octanol–water partition coefficient (Wildman–Crippen LogP) is 2.13. The summed E-state index contributed by atoms with van der Waals surface area (Å²) in [7, 11) is 2.00. The Bertz CT molecular complexity index is 346. The summed E-state index contributed by atoms with van der Waals surface area (Å²) >= 11 is 5.94. The van der Waals surface area contributed by atoms with Gasteiger partial charge in [0, 0.05) is 24.7 Å². The third-order valence-corrected chi connectivity index (χ3v) is 2.91. The molecular weight excluding hydrogens is 248 g/mol. The molecule has 0 fully saturated rings. The van der Waals surface area contributed by atoms with Gasteiger partial charge in [-0.1, -0.05) is 30.7 Å². The molecule has 1 atom stereocenters. The zero-order valence-corrected chi connectivity index (χ0v) is 12.0. The zero-order valence-electron chi connectivity index (χ0n) is 11.2. The summed E-state index contributed by atoms with van der Waals surface area (Å²) in [6.45, 7) is 5.17. The zero-order chi connectivity index (χ0) is 13.4. The van der Waals surface area contributed by atoms with Crippen molar-refractivity contribution in [3.05, 3.63) is 34.9 Å². The highest BCUT2D eigenvalue weighted by molar-refractivity contribution is 6.30. The molecular formula is C14H23ClN2O. The minimum atomic E-state index is -0.333. The topological polar surface area (TPSA) is 35.5 Å². The summed E-state index contributed by atoms with van der Waals surface area (Å²) in [6.07, 6.45) is 0.756. The van der Waals surface area contributed by atoms with Crippen LogP contribution in [0.1, 0.15) is 18.9 Å². The van der Waals surface area contributed by atoms with Gasteiger partial charge < -0.3 is 10.4 Å². The molecule has 0 spiro atoms. The normalized spacial score (nSPS) is 12.9. The van der Waals surface area contributed by atoms with Gasteiger partial charge in [-0.2, -0.15) is 0 Å². The number of hydrogen-bond donors (Lipinski definition) is 2. The fraction of sp³-hybridized carbons (Fsp3) is 0.571. The Morgan fingerprint density at radius 2 is 2.22 bits per heavy atom. The van der Waals surface area contributed by atoms with Crippen LogP contribution in [-0.4, -0.2) is 42.8 Å². The first-order chi connectivity index (χ1) is 8.61. The molecule has 0 bridgehead atoms. The first-order valence-corrected chi connectivity index (χ1v) is 6.81. The second kappa shape index (κ2) is 8.48. The van der Waals surface area contributed by atoms with Crippen molar-refractivity contribution in [2.24, 2.45) is 0 Å². The van der Waals surface area contributed by atoms with Crippen LogP contribution in [0.3, 0.4) is 0 Å². The molecule has 0 saturated heterocycles. The average molecular weight is 271 g/mol. The summed E-state index contributed by atoms with van der Waals surface area (Å²) in [6, 6.07) is 7.82. The molecule has 1 unspecified atom stereocenters. The Kier molecular flexibility index (Phi) is 7.28. The van der Waals surface area contributed by atoms with E-state index in [9.17, 15) is 5.11 Å². The average Bonchev–Trinajstić information content (AvgIpc) is 2.29. The van der Waals surface area contributed by atoms with Crippen LogP contribution < -0.4 is 5.32 Å². The van der Waals surface area contributed by atoms with Gasteiger partial charge in [-0.05, 0) is 37.7 Å². The molecule has 4 heteroatoms. The van der Waals surface area contributed by atoms with E-state index < -0.39 is 0 Å². The SMILES string of the molecule is CCCNCC(O)CN(C)Cc1cccc(Cl)c1. The van der Waals surface area contributed by atoms with Crippen molar-refractivity contribution >= 4 is 11.6 Å². The third-order valence-electron chi connectivity index (χ3n) is 2.67. The van der Waals surface area contributed by atoms with E-state index >= 15 is 0 Å². The number of hydrogen-bond acceptors (Lipinski definition) is 3. The maximum atomic E-state index is 9.85. The second-order valence-corrected chi connectivity index (χ2v) is 5.12. The number of halogens is 1. The fourth-order valence-corrected chi connectivity index (χ4v) is 2.09. The number of nitrogens with zero attached hydrogens (tertiary/aromatic N) is 1. The monoisotopic (exact) mass is 270 g/mol. The Labute approximate surface area is 115 Å². The summed E-state index contributed by atoms with van der Waals surface area (Å²) in [5.74, 6) is 0. The van der Waals surface area contributed by atoms with Crippen LogP contribution >= 0.6 is 11.6 Å². The second-order valence-electron chi connectivity index (χ2n) is 4.68. The smallest absolute Gasteiger partial charge is 0.0791 e. The maximum Gasteiger partial charge on any atom is 0.0791 e. The molecule has 1 aromatic rings. The number of likely N-dealkylation sites (N-methyl/N-ethyl adjacent to an activating group) is 1. The van der Waals surface area contributed by atoms with E-state index in [1.165, 1.54) is 5.56 Å². The van der Waals surface area contributed by atoms with Gasteiger partial charge in [0.15, 0.2) is 0 Å². The number of benzene rings is 1. The molecule has 0 aliphatic carbocycles. The van der Waals surface area contributed by atoms with Crippen LogP contribution in [0.15, 0.2) is 24.3 Å². The molecule has 0 aliphatic heterocycles. The minimum Gasteiger partial charge on any atom is -0.390 e. The molecule has 0 aromatic heterocycles. The molecule has 3 nitrogen and oxygen atoms in total. The van der Waals surface area contributed by atoms with E-state index in [0.717, 1.165) is 24.5 Å². The highest BCUT2D eigenvalue weighted by Gasteiger charge is 2.08. The number of aliphatic hydroxyl groups is 1. The highest BCUT2D eigenvalue weighted by Crippen LogP contribution is 2.12. The third kappa shape index (κ3) is 6.36. The summed E-state index contributed by atoms with van der Waals surface area (Å²) in [4.78, 5) is 2.10. The molecule has 0 amide bonds. The van der Waals surface area contributed by atoms with Crippen LogP contribution in [-0.2, 0) is 6.54 Å². The Morgan fingerprint density at radius 3 is 2.89 bits per heavy atom. The van der Waals surface area contributed by atoms with Gasteiger partial charge in [-0.25, -0.2) is 0 Å². The molecule has 1 rings (SSSR count). The number of rotatable bonds is 8. The molecule has 102 valence electrons. The van der Waals surface area contributed by atoms with Crippen molar-refractivity contribution < 1.29 is 5.11 Å². The van der Waals surface area contributed by atoms with Crippen LogP contribution in [0.5, 0.6) is 0 Å². The summed E-state index contributed by atoms with van der Waals surface area (Å²) in [5, 5.41) is 13.8. The van der Waals surface area contributed by atoms with Crippen LogP contribution in [0.2, 0.25) is 5.02 Å². The van der Waals surface area contributed by atoms with E-state index in [2.05, 4.69) is 17.1 Å². The van der Waals surface area contributed by atoms with E-state index in [4.69, 9.17) is 11.6 Å². The van der Waals surface area contributed by atoms with Crippen molar-refractivity contribution in [2.45, 2.75) is 26.0 Å². The summed E-state index contributed by atoms with van der Waals surface area (Å²) in [5.41, 5.74) is 1.17. The van der Waals surface area contributed by atoms with E-state index in [1.807, 2.05) is 31.3 Å². The van der Waals surface area contributed by atoms with Crippen molar-refractivity contribution in [3.8, 4) is 0 Å². The van der Waals surface area contributed by atoms with Crippen LogP contribution in [0, 0.1) is 0 Å². The van der Waals surface area contributed by atoms with Gasteiger partial charge in [0.25, 0.3) is 0 Å². The first kappa shape index (κ1) is 15.4. The Morgan fingerprint density at radius 1 is 1.44 bits per heavy atom. The van der Waals surface area contributed by atoms with Gasteiger partial charge in [-0.3, -0.25) is 4.90 Å². The van der Waals surface area contributed by atoms with Crippen LogP contribution in [0.25, 0.3) is 0 Å². The summed E-state index contributed by atoms with van der Waals surface area (Å²) < 4.78 is 0. The molecule has 0 heterocycles. The molecule has 0 saturated carbocycles. The van der Waals surface area contributed by atoms with Gasteiger partial charge >= 0.3 is 0 Å². The first-order valence-electron chi connectivity index (χ1n) is 6.43. The van der Waals surface area contributed by atoms with Gasteiger partial charge in [0.05, 0.1) is 6.10 Å². The lowest BCUT2D eigenvalue weighted by atomic mass is 10.2. The minimum absolute atomic E-state index is 0.333. The number of nitrogens with one attached hydrogen (secondary N) is 1. The molecule has 0 aliphatic rings. The lowest BCUT2D eigenvalue weighted by molar-refractivity contribution is 0.121. The Balaban J connectivity index is 2.30. The van der Waals surface area contributed by atoms with E-state index in [-0.39, 0.29) is 6.10 Å².